The van der Waals surface area contributed by atoms with Crippen LogP contribution < -0.4 is 5.32 Å². The lowest BCUT2D eigenvalue weighted by Gasteiger charge is -2.16. The van der Waals surface area contributed by atoms with Gasteiger partial charge in [0.25, 0.3) is 5.69 Å². The molecule has 0 heterocycles. The van der Waals surface area contributed by atoms with Crippen molar-refractivity contribution < 1.29 is 19.6 Å². The first-order valence-electron chi connectivity index (χ1n) is 6.07. The molecular formula is C14H14N2O5. The zero-order valence-corrected chi connectivity index (χ0v) is 11.3. The zero-order valence-electron chi connectivity index (χ0n) is 11.3. The second-order valence-corrected chi connectivity index (χ2v) is 4.38. The molecule has 0 aliphatic carbocycles. The molecule has 110 valence electrons. The van der Waals surface area contributed by atoms with Crippen LogP contribution in [0.2, 0.25) is 0 Å². The van der Waals surface area contributed by atoms with Gasteiger partial charge in [-0.3, -0.25) is 14.9 Å². The van der Waals surface area contributed by atoms with Crippen molar-refractivity contribution in [1.29, 1.82) is 0 Å². The summed E-state index contributed by atoms with van der Waals surface area (Å²) in [6.07, 6.45) is 4.91. The van der Waals surface area contributed by atoms with E-state index in [9.17, 15) is 19.7 Å². The van der Waals surface area contributed by atoms with Gasteiger partial charge >= 0.3 is 5.97 Å². The van der Waals surface area contributed by atoms with Crippen molar-refractivity contribution in [2.75, 3.05) is 0 Å². The van der Waals surface area contributed by atoms with Crippen molar-refractivity contribution in [2.24, 2.45) is 0 Å². The molecule has 0 aliphatic rings. The van der Waals surface area contributed by atoms with Gasteiger partial charge in [0, 0.05) is 18.6 Å². The smallest absolute Gasteiger partial charge is 0.327 e. The predicted octanol–water partition coefficient (Wildman–Crippen LogP) is 1.29. The van der Waals surface area contributed by atoms with Crippen molar-refractivity contribution in [3.05, 3.63) is 39.9 Å². The number of hydrogen-bond donors (Lipinski definition) is 2. The van der Waals surface area contributed by atoms with Crippen LogP contribution in [0.25, 0.3) is 0 Å². The Bertz CT molecular complexity index is 606. The molecule has 7 heteroatoms. The highest BCUT2D eigenvalue weighted by molar-refractivity contribution is 5.88. The Labute approximate surface area is 121 Å². The van der Waals surface area contributed by atoms with Gasteiger partial charge in [0.2, 0.25) is 5.91 Å². The Kier molecular flexibility index (Phi) is 5.43. The number of nitro benzene ring substituents is 1. The molecule has 0 spiro atoms. The van der Waals surface area contributed by atoms with Crippen LogP contribution in [0.3, 0.4) is 0 Å². The van der Waals surface area contributed by atoms with E-state index in [1.165, 1.54) is 25.1 Å². The first kappa shape index (κ1) is 16.2. The average Bonchev–Trinajstić information content (AvgIpc) is 2.45. The minimum Gasteiger partial charge on any atom is -0.480 e. The van der Waals surface area contributed by atoms with Crippen LogP contribution >= 0.6 is 0 Å². The highest BCUT2D eigenvalue weighted by atomic mass is 16.6. The third-order valence-electron chi connectivity index (χ3n) is 2.91. The van der Waals surface area contributed by atoms with Gasteiger partial charge in [0.05, 0.1) is 10.8 Å². The zero-order chi connectivity index (χ0) is 16.0. The number of non-ortho nitro benzene ring substituents is 1. The molecule has 7 nitrogen and oxygen atoms in total. The fourth-order valence-electron chi connectivity index (χ4n) is 1.67. The third-order valence-corrected chi connectivity index (χ3v) is 2.91. The van der Waals surface area contributed by atoms with Crippen LogP contribution in [-0.2, 0) is 9.59 Å². The summed E-state index contributed by atoms with van der Waals surface area (Å²) in [6, 6.07) is 4.44. The second kappa shape index (κ2) is 7.05. The number of terminal acetylenes is 1. The minimum atomic E-state index is -1.23. The van der Waals surface area contributed by atoms with E-state index >= 15 is 0 Å². The number of hydrogen-bond acceptors (Lipinski definition) is 4. The monoisotopic (exact) mass is 290 g/mol. The van der Waals surface area contributed by atoms with E-state index in [0.717, 1.165) is 0 Å². The Hall–Kier alpha value is -2.88. The van der Waals surface area contributed by atoms with Gasteiger partial charge in [-0.05, 0) is 12.5 Å². The molecular weight excluding hydrogens is 276 g/mol. The fourth-order valence-corrected chi connectivity index (χ4v) is 1.67. The summed E-state index contributed by atoms with van der Waals surface area (Å²) < 4.78 is 0. The maximum absolute atomic E-state index is 12.0. The third kappa shape index (κ3) is 4.31. The van der Waals surface area contributed by atoms with Gasteiger partial charge in [0.1, 0.15) is 6.04 Å². The molecule has 1 aromatic rings. The van der Waals surface area contributed by atoms with E-state index in [2.05, 4.69) is 11.2 Å². The number of aliphatic carboxylic acids is 1. The number of carboxylic acid groups (broad SMARTS) is 1. The molecule has 21 heavy (non-hydrogen) atoms. The van der Waals surface area contributed by atoms with Crippen molar-refractivity contribution in [2.45, 2.75) is 25.3 Å². The van der Waals surface area contributed by atoms with Gasteiger partial charge in [-0.15, -0.1) is 12.3 Å². The Morgan fingerprint density at radius 1 is 1.52 bits per heavy atom. The molecule has 1 amide bonds. The summed E-state index contributed by atoms with van der Waals surface area (Å²) in [4.78, 5) is 33.1. The lowest BCUT2D eigenvalue weighted by Crippen LogP contribution is -2.42. The number of amides is 1. The molecule has 0 bridgehead atoms. The quantitative estimate of drug-likeness (QED) is 0.466. The molecule has 2 N–H and O–H groups in total. The summed E-state index contributed by atoms with van der Waals surface area (Å²) in [5.41, 5.74) is 0.289. The van der Waals surface area contributed by atoms with Gasteiger partial charge in [0.15, 0.2) is 0 Å². The van der Waals surface area contributed by atoms with Crippen LogP contribution in [-0.4, -0.2) is 27.9 Å². The first-order chi connectivity index (χ1) is 9.86. The van der Waals surface area contributed by atoms with Crippen molar-refractivity contribution in [3.63, 3.8) is 0 Å². The predicted molar refractivity (Wildman–Crippen MR) is 74.5 cm³/mol. The van der Waals surface area contributed by atoms with Gasteiger partial charge in [-0.1, -0.05) is 12.1 Å². The summed E-state index contributed by atoms with van der Waals surface area (Å²) in [5, 5.41) is 21.9. The number of nitro groups is 1. The summed E-state index contributed by atoms with van der Waals surface area (Å²) >= 11 is 0. The highest BCUT2D eigenvalue weighted by Crippen LogP contribution is 2.21. The average molecular weight is 290 g/mol. The molecule has 0 aliphatic heterocycles. The number of carbonyl (C=O) groups excluding carboxylic acids is 1. The fraction of sp³-hybridized carbons (Fsp3) is 0.286. The van der Waals surface area contributed by atoms with Crippen LogP contribution in [0.15, 0.2) is 24.3 Å². The van der Waals surface area contributed by atoms with Crippen LogP contribution in [0.1, 0.15) is 24.8 Å². The number of benzene rings is 1. The molecule has 2 unspecified atom stereocenters. The van der Waals surface area contributed by atoms with Crippen molar-refractivity contribution >= 4 is 17.6 Å². The maximum Gasteiger partial charge on any atom is 0.327 e. The summed E-state index contributed by atoms with van der Waals surface area (Å²) in [6.45, 7) is 1.53. The second-order valence-electron chi connectivity index (χ2n) is 4.38. The van der Waals surface area contributed by atoms with Crippen molar-refractivity contribution in [1.82, 2.24) is 5.32 Å². The van der Waals surface area contributed by atoms with E-state index in [1.807, 2.05) is 0 Å². The minimum absolute atomic E-state index is 0.134. The van der Waals surface area contributed by atoms with Gasteiger partial charge in [-0.25, -0.2) is 4.79 Å². The number of carboxylic acids is 1. The Morgan fingerprint density at radius 2 is 2.19 bits per heavy atom. The van der Waals surface area contributed by atoms with Crippen LogP contribution in [0.5, 0.6) is 0 Å². The number of nitrogens with zero attached hydrogens (tertiary/aromatic N) is 1. The van der Waals surface area contributed by atoms with Crippen LogP contribution in [0, 0.1) is 22.5 Å². The first-order valence-corrected chi connectivity index (χ1v) is 6.07. The lowest BCUT2D eigenvalue weighted by molar-refractivity contribution is -0.384. The van der Waals surface area contributed by atoms with E-state index in [-0.39, 0.29) is 12.1 Å². The van der Waals surface area contributed by atoms with E-state index in [1.54, 1.807) is 6.07 Å². The van der Waals surface area contributed by atoms with Crippen molar-refractivity contribution in [3.8, 4) is 12.3 Å². The molecule has 0 saturated carbocycles. The number of carbonyl (C=O) groups is 2. The summed E-state index contributed by atoms with van der Waals surface area (Å²) in [5.74, 6) is -0.346. The molecule has 0 saturated heterocycles. The highest BCUT2D eigenvalue weighted by Gasteiger charge is 2.23. The molecule has 0 radical (unpaired) electrons. The van der Waals surface area contributed by atoms with E-state index < -0.39 is 28.8 Å². The van der Waals surface area contributed by atoms with Crippen LogP contribution in [0.4, 0.5) is 5.69 Å². The van der Waals surface area contributed by atoms with E-state index in [0.29, 0.717) is 5.56 Å². The standard InChI is InChI=1S/C14H14N2O5/c1-3-5-12(14(18)19)15-13(17)9(2)10-6-4-7-11(8-10)16(20)21/h1,4,6-9,12H,5H2,2H3,(H,15,17)(H,18,19). The molecule has 0 fully saturated rings. The number of rotatable bonds is 6. The topological polar surface area (TPSA) is 110 Å². The SMILES string of the molecule is C#CCC(NC(=O)C(C)c1cccc([N+](=O)[O-])c1)C(=O)O. The number of nitrogens with one attached hydrogen (secondary N) is 1. The van der Waals surface area contributed by atoms with Gasteiger partial charge < -0.3 is 10.4 Å². The Balaban J connectivity index is 2.87. The lowest BCUT2D eigenvalue weighted by atomic mass is 9.99. The normalized spacial score (nSPS) is 12.8. The Morgan fingerprint density at radius 3 is 2.71 bits per heavy atom. The van der Waals surface area contributed by atoms with E-state index in [4.69, 9.17) is 11.5 Å². The molecule has 2 atom stereocenters. The molecule has 0 aromatic heterocycles. The molecule has 1 aromatic carbocycles. The maximum atomic E-state index is 12.0. The largest absolute Gasteiger partial charge is 0.480 e. The van der Waals surface area contributed by atoms with Gasteiger partial charge in [-0.2, -0.15) is 0 Å². The summed E-state index contributed by atoms with van der Waals surface area (Å²) in [7, 11) is 0. The molecule has 1 rings (SSSR count).